The Morgan fingerprint density at radius 1 is 1.25 bits per heavy atom. The molecule has 1 aliphatic carbocycles. The van der Waals surface area contributed by atoms with Crippen LogP contribution in [0, 0.1) is 12.8 Å². The van der Waals surface area contributed by atoms with Crippen LogP contribution in [-0.2, 0) is 6.54 Å². The lowest BCUT2D eigenvalue weighted by atomic mass is 9.82. The van der Waals surface area contributed by atoms with E-state index >= 15 is 0 Å². The first-order chi connectivity index (χ1) is 9.61. The Kier molecular flexibility index (Phi) is 5.62. The highest BCUT2D eigenvalue weighted by Gasteiger charge is 2.30. The molecule has 1 aromatic carbocycles. The lowest BCUT2D eigenvalue weighted by Gasteiger charge is -2.41. The van der Waals surface area contributed by atoms with Crippen LogP contribution in [0.15, 0.2) is 24.3 Å². The van der Waals surface area contributed by atoms with Gasteiger partial charge in [-0.15, -0.1) is 0 Å². The fourth-order valence-corrected chi connectivity index (χ4v) is 3.51. The summed E-state index contributed by atoms with van der Waals surface area (Å²) in [6, 6.07) is 10.1. The number of hydrogen-bond acceptors (Lipinski definition) is 2. The quantitative estimate of drug-likeness (QED) is 0.882. The van der Waals surface area contributed by atoms with Crippen LogP contribution < -0.4 is 5.32 Å². The van der Waals surface area contributed by atoms with E-state index in [0.717, 1.165) is 19.0 Å². The van der Waals surface area contributed by atoms with Gasteiger partial charge in [-0.3, -0.25) is 4.90 Å². The summed E-state index contributed by atoms with van der Waals surface area (Å²) in [4.78, 5) is 2.56. The Morgan fingerprint density at radius 3 is 2.70 bits per heavy atom. The second-order valence-electron chi connectivity index (χ2n) is 6.49. The number of benzene rings is 1. The minimum Gasteiger partial charge on any atom is -0.313 e. The van der Waals surface area contributed by atoms with Crippen molar-refractivity contribution in [3.05, 3.63) is 35.4 Å². The number of hydrogen-bond donors (Lipinski definition) is 1. The van der Waals surface area contributed by atoms with E-state index in [0.29, 0.717) is 12.1 Å². The first-order valence-electron chi connectivity index (χ1n) is 8.10. The van der Waals surface area contributed by atoms with Gasteiger partial charge in [0, 0.05) is 18.6 Å². The van der Waals surface area contributed by atoms with E-state index in [1.54, 1.807) is 0 Å². The zero-order chi connectivity index (χ0) is 14.5. The van der Waals surface area contributed by atoms with Crippen LogP contribution in [-0.4, -0.2) is 30.6 Å². The normalized spacial score (nSPS) is 26.9. The fraction of sp³-hybridized carbons (Fsp3) is 0.667. The van der Waals surface area contributed by atoms with E-state index in [4.69, 9.17) is 0 Å². The minimum absolute atomic E-state index is 0.658. The Labute approximate surface area is 124 Å². The van der Waals surface area contributed by atoms with Crippen LogP contribution in [0.2, 0.25) is 0 Å². The van der Waals surface area contributed by atoms with Crippen molar-refractivity contribution in [1.82, 2.24) is 10.2 Å². The molecule has 0 radical (unpaired) electrons. The molecule has 1 fully saturated rings. The van der Waals surface area contributed by atoms with Crippen LogP contribution in [0.3, 0.4) is 0 Å². The van der Waals surface area contributed by atoms with Crippen molar-refractivity contribution in [3.63, 3.8) is 0 Å². The maximum absolute atomic E-state index is 3.69. The summed E-state index contributed by atoms with van der Waals surface area (Å²) in [6.45, 7) is 8.97. The molecule has 1 saturated carbocycles. The van der Waals surface area contributed by atoms with Crippen molar-refractivity contribution in [1.29, 1.82) is 0 Å². The lowest BCUT2D eigenvalue weighted by molar-refractivity contribution is 0.119. The van der Waals surface area contributed by atoms with Crippen molar-refractivity contribution in [2.75, 3.05) is 13.6 Å². The largest absolute Gasteiger partial charge is 0.313 e. The number of nitrogens with zero attached hydrogens (tertiary/aromatic N) is 1. The first-order valence-corrected chi connectivity index (χ1v) is 8.10. The minimum atomic E-state index is 0.658. The fourth-order valence-electron chi connectivity index (χ4n) is 3.51. The predicted octanol–water partition coefficient (Wildman–Crippen LogP) is 3.59. The van der Waals surface area contributed by atoms with Crippen LogP contribution in [0.25, 0.3) is 0 Å². The van der Waals surface area contributed by atoms with Gasteiger partial charge in [0.25, 0.3) is 0 Å². The molecule has 112 valence electrons. The molecule has 3 unspecified atom stereocenters. The summed E-state index contributed by atoms with van der Waals surface area (Å²) >= 11 is 0. The van der Waals surface area contributed by atoms with Gasteiger partial charge >= 0.3 is 0 Å². The average molecular weight is 274 g/mol. The SMILES string of the molecule is CCNC1CCC(C)CC1N(C)Cc1ccccc1C. The highest BCUT2D eigenvalue weighted by atomic mass is 15.2. The van der Waals surface area contributed by atoms with Crippen LogP contribution >= 0.6 is 0 Å². The van der Waals surface area contributed by atoms with Gasteiger partial charge < -0.3 is 5.32 Å². The summed E-state index contributed by atoms with van der Waals surface area (Å²) in [5.74, 6) is 0.856. The molecule has 0 amide bonds. The smallest absolute Gasteiger partial charge is 0.0252 e. The Hall–Kier alpha value is -0.860. The number of aryl methyl sites for hydroxylation is 1. The van der Waals surface area contributed by atoms with Crippen molar-refractivity contribution in [2.45, 2.75) is 58.7 Å². The van der Waals surface area contributed by atoms with E-state index in [2.05, 4.69) is 62.3 Å². The van der Waals surface area contributed by atoms with E-state index in [9.17, 15) is 0 Å². The molecule has 0 spiro atoms. The summed E-state index contributed by atoms with van der Waals surface area (Å²) < 4.78 is 0. The molecule has 0 bridgehead atoms. The third-order valence-corrected chi connectivity index (χ3v) is 4.79. The topological polar surface area (TPSA) is 15.3 Å². The van der Waals surface area contributed by atoms with Gasteiger partial charge in [-0.1, -0.05) is 38.1 Å². The zero-order valence-corrected chi connectivity index (χ0v) is 13.5. The molecule has 0 saturated heterocycles. The molecule has 2 nitrogen and oxygen atoms in total. The molecule has 1 aliphatic rings. The van der Waals surface area contributed by atoms with Gasteiger partial charge in [0.2, 0.25) is 0 Å². The molecular weight excluding hydrogens is 244 g/mol. The molecule has 2 rings (SSSR count). The van der Waals surface area contributed by atoms with Gasteiger partial charge in [0.15, 0.2) is 0 Å². The highest BCUT2D eigenvalue weighted by molar-refractivity contribution is 5.25. The third-order valence-electron chi connectivity index (χ3n) is 4.79. The van der Waals surface area contributed by atoms with E-state index in [-0.39, 0.29) is 0 Å². The van der Waals surface area contributed by atoms with Crippen LogP contribution in [0.5, 0.6) is 0 Å². The molecular formula is C18H30N2. The molecule has 0 aromatic heterocycles. The van der Waals surface area contributed by atoms with Gasteiger partial charge in [-0.05, 0) is 56.8 Å². The second kappa shape index (κ2) is 7.24. The Balaban J connectivity index is 2.05. The third kappa shape index (κ3) is 3.83. The number of likely N-dealkylation sites (N-methyl/N-ethyl adjacent to an activating group) is 2. The molecule has 1 aromatic rings. The maximum atomic E-state index is 3.69. The van der Waals surface area contributed by atoms with Crippen LogP contribution in [0.1, 0.15) is 44.2 Å². The van der Waals surface area contributed by atoms with Crippen molar-refractivity contribution >= 4 is 0 Å². The van der Waals surface area contributed by atoms with Gasteiger partial charge in [0.1, 0.15) is 0 Å². The van der Waals surface area contributed by atoms with Gasteiger partial charge in [-0.2, -0.15) is 0 Å². The van der Waals surface area contributed by atoms with Crippen molar-refractivity contribution in [3.8, 4) is 0 Å². The molecule has 0 aliphatic heterocycles. The molecule has 0 heterocycles. The Morgan fingerprint density at radius 2 is 2.00 bits per heavy atom. The molecule has 1 N–H and O–H groups in total. The molecule has 2 heteroatoms. The maximum Gasteiger partial charge on any atom is 0.0252 e. The van der Waals surface area contributed by atoms with Crippen molar-refractivity contribution in [2.24, 2.45) is 5.92 Å². The second-order valence-corrected chi connectivity index (χ2v) is 6.49. The zero-order valence-electron chi connectivity index (χ0n) is 13.5. The number of nitrogens with one attached hydrogen (secondary N) is 1. The van der Waals surface area contributed by atoms with Crippen molar-refractivity contribution < 1.29 is 0 Å². The number of rotatable bonds is 5. The average Bonchev–Trinajstić information content (AvgIpc) is 2.43. The van der Waals surface area contributed by atoms with Gasteiger partial charge in [-0.25, -0.2) is 0 Å². The first kappa shape index (κ1) is 15.5. The molecule has 20 heavy (non-hydrogen) atoms. The monoisotopic (exact) mass is 274 g/mol. The van der Waals surface area contributed by atoms with Gasteiger partial charge in [0.05, 0.1) is 0 Å². The Bertz CT molecular complexity index is 416. The standard InChI is InChI=1S/C18H30N2/c1-5-19-17-11-10-14(2)12-18(17)20(4)13-16-9-7-6-8-15(16)3/h6-9,14,17-19H,5,10-13H2,1-4H3. The summed E-state index contributed by atoms with van der Waals surface area (Å²) in [5, 5.41) is 3.69. The summed E-state index contributed by atoms with van der Waals surface area (Å²) in [5.41, 5.74) is 2.87. The highest BCUT2D eigenvalue weighted by Crippen LogP contribution is 2.28. The van der Waals surface area contributed by atoms with E-state index in [1.165, 1.54) is 30.4 Å². The van der Waals surface area contributed by atoms with E-state index in [1.807, 2.05) is 0 Å². The summed E-state index contributed by atoms with van der Waals surface area (Å²) in [6.07, 6.45) is 4.00. The summed E-state index contributed by atoms with van der Waals surface area (Å²) in [7, 11) is 2.29. The van der Waals surface area contributed by atoms with E-state index < -0.39 is 0 Å². The molecule has 3 atom stereocenters. The van der Waals surface area contributed by atoms with Crippen LogP contribution in [0.4, 0.5) is 0 Å². The lowest BCUT2D eigenvalue weighted by Crippen LogP contribution is -2.51. The predicted molar refractivity (Wildman–Crippen MR) is 86.9 cm³/mol.